The molecule has 0 saturated carbocycles. The maximum absolute atomic E-state index is 12.7. The van der Waals surface area contributed by atoms with Crippen LogP contribution in [0.4, 0.5) is 0 Å². The van der Waals surface area contributed by atoms with Crippen LogP contribution in [0.5, 0.6) is 5.75 Å². The van der Waals surface area contributed by atoms with Crippen LogP contribution in [0.15, 0.2) is 82.8 Å². The smallest absolute Gasteiger partial charge is 0.267 e. The molecular formula is C22H25N5O5S2. The number of benzene rings is 2. The monoisotopic (exact) mass is 503 g/mol. The molecule has 1 amide bonds. The lowest BCUT2D eigenvalue weighted by atomic mass is 10.0. The minimum Gasteiger partial charge on any atom is -0.508 e. The Morgan fingerprint density at radius 3 is 2.41 bits per heavy atom. The van der Waals surface area contributed by atoms with Gasteiger partial charge in [0.05, 0.1) is 6.54 Å². The molecule has 0 bridgehead atoms. The van der Waals surface area contributed by atoms with E-state index in [0.29, 0.717) is 5.56 Å². The van der Waals surface area contributed by atoms with Crippen molar-refractivity contribution >= 4 is 27.3 Å². The van der Waals surface area contributed by atoms with Crippen LogP contribution in [-0.2, 0) is 21.2 Å². The van der Waals surface area contributed by atoms with Crippen molar-refractivity contribution in [2.24, 2.45) is 11.6 Å². The number of phenolic OH excluding ortho intramolecular Hbond substituents is 1. The summed E-state index contributed by atoms with van der Waals surface area (Å²) in [6.45, 7) is -0.249. The Labute approximate surface area is 201 Å². The fourth-order valence-electron chi connectivity index (χ4n) is 3.06. The number of hydroxylamine groups is 1. The third-order valence-corrected chi connectivity index (χ3v) is 7.85. The summed E-state index contributed by atoms with van der Waals surface area (Å²) in [4.78, 5) is 12.9. The first-order valence-corrected chi connectivity index (χ1v) is 12.4. The van der Waals surface area contributed by atoms with E-state index >= 15 is 0 Å². The number of nitrogens with zero attached hydrogens (tertiary/aromatic N) is 1. The van der Waals surface area contributed by atoms with Gasteiger partial charge in [0.15, 0.2) is 0 Å². The number of rotatable bonds is 10. The van der Waals surface area contributed by atoms with E-state index in [2.05, 4.69) is 4.72 Å². The second-order valence-corrected chi connectivity index (χ2v) is 10.4. The van der Waals surface area contributed by atoms with Crippen molar-refractivity contribution in [3.05, 3.63) is 84.2 Å². The molecule has 0 fully saturated rings. The number of aromatic hydroxyl groups is 1. The second kappa shape index (κ2) is 11.1. The van der Waals surface area contributed by atoms with Gasteiger partial charge in [-0.15, -0.1) is 11.3 Å². The molecule has 10 nitrogen and oxygen atoms in total. The molecule has 0 unspecified atom stereocenters. The summed E-state index contributed by atoms with van der Waals surface area (Å²) in [6.07, 6.45) is 1.31. The summed E-state index contributed by atoms with van der Waals surface area (Å²) in [5.41, 5.74) is 9.12. The topological polar surface area (TPSA) is 171 Å². The average Bonchev–Trinajstić information content (AvgIpc) is 3.34. The highest BCUT2D eigenvalue weighted by atomic mass is 32.2. The van der Waals surface area contributed by atoms with Gasteiger partial charge in [-0.1, -0.05) is 42.5 Å². The standard InChI is InChI=1S/C22H25N5O5S2/c23-17(14-27(24)19(22(29)26-30)12-15-6-8-18(28)9-7-15)13-25-34(31,32)21-11-10-20(33-21)16-4-2-1-3-5-16/h1-11,14,19,25,28,30H,12-13,23-24H2,(H,26,29)/b17-14-/t19-/m0/s1. The molecule has 12 heteroatoms. The molecule has 1 heterocycles. The van der Waals surface area contributed by atoms with Crippen molar-refractivity contribution in [3.8, 4) is 16.2 Å². The van der Waals surface area contributed by atoms with Crippen LogP contribution >= 0.6 is 11.3 Å². The first-order chi connectivity index (χ1) is 16.2. The number of nitrogens with two attached hydrogens (primary N) is 2. The third-order valence-electron chi connectivity index (χ3n) is 4.82. The van der Waals surface area contributed by atoms with Gasteiger partial charge in [0.25, 0.3) is 5.91 Å². The van der Waals surface area contributed by atoms with Crippen LogP contribution in [0.2, 0.25) is 0 Å². The van der Waals surface area contributed by atoms with Crippen molar-refractivity contribution in [3.63, 3.8) is 0 Å². The van der Waals surface area contributed by atoms with Gasteiger partial charge in [-0.3, -0.25) is 10.0 Å². The fourth-order valence-corrected chi connectivity index (χ4v) is 5.44. The molecule has 0 aliphatic heterocycles. The van der Waals surface area contributed by atoms with Gasteiger partial charge in [-0.2, -0.15) is 0 Å². The summed E-state index contributed by atoms with van der Waals surface area (Å²) in [5.74, 6) is 5.25. The lowest BCUT2D eigenvalue weighted by molar-refractivity contribution is -0.134. The average molecular weight is 504 g/mol. The van der Waals surface area contributed by atoms with E-state index in [-0.39, 0.29) is 28.6 Å². The minimum absolute atomic E-state index is 0.0485. The number of hydrogen-bond donors (Lipinski definition) is 6. The van der Waals surface area contributed by atoms with E-state index < -0.39 is 22.0 Å². The number of sulfonamides is 1. The Balaban J connectivity index is 1.67. The predicted molar refractivity (Wildman–Crippen MR) is 129 cm³/mol. The largest absolute Gasteiger partial charge is 0.508 e. The molecule has 0 radical (unpaired) electrons. The number of nitrogens with one attached hydrogen (secondary N) is 2. The van der Waals surface area contributed by atoms with E-state index in [1.54, 1.807) is 23.7 Å². The molecule has 0 saturated heterocycles. The highest BCUT2D eigenvalue weighted by molar-refractivity contribution is 7.91. The number of amides is 1. The zero-order valence-corrected chi connectivity index (χ0v) is 19.6. The molecule has 3 rings (SSSR count). The summed E-state index contributed by atoms with van der Waals surface area (Å²) < 4.78 is 27.9. The van der Waals surface area contributed by atoms with Gasteiger partial charge < -0.3 is 15.8 Å². The second-order valence-electron chi connectivity index (χ2n) is 7.32. The number of phenols is 1. The van der Waals surface area contributed by atoms with Crippen molar-refractivity contribution in [1.82, 2.24) is 15.2 Å². The van der Waals surface area contributed by atoms with Crippen molar-refractivity contribution in [2.75, 3.05) is 6.54 Å². The molecule has 3 aromatic rings. The molecule has 1 aromatic heterocycles. The van der Waals surface area contributed by atoms with E-state index in [0.717, 1.165) is 26.8 Å². The predicted octanol–water partition coefficient (Wildman–Crippen LogP) is 1.49. The van der Waals surface area contributed by atoms with E-state index in [9.17, 15) is 18.3 Å². The third kappa shape index (κ3) is 6.56. The first kappa shape index (κ1) is 25.2. The lowest BCUT2D eigenvalue weighted by Gasteiger charge is -2.25. The fraction of sp³-hybridized carbons (Fsp3) is 0.136. The van der Waals surface area contributed by atoms with E-state index in [1.165, 1.54) is 24.4 Å². The van der Waals surface area contributed by atoms with E-state index in [4.69, 9.17) is 16.8 Å². The molecular weight excluding hydrogens is 478 g/mol. The van der Waals surface area contributed by atoms with Gasteiger partial charge in [0.1, 0.15) is 16.0 Å². The summed E-state index contributed by atoms with van der Waals surface area (Å²) in [5, 5.41) is 19.5. The van der Waals surface area contributed by atoms with Crippen LogP contribution in [0.3, 0.4) is 0 Å². The van der Waals surface area contributed by atoms with E-state index in [1.807, 2.05) is 30.3 Å². The number of hydrazine groups is 1. The van der Waals surface area contributed by atoms with Crippen LogP contribution in [0.1, 0.15) is 5.56 Å². The highest BCUT2D eigenvalue weighted by Crippen LogP contribution is 2.30. The van der Waals surface area contributed by atoms with Gasteiger partial charge in [0.2, 0.25) is 10.0 Å². The molecule has 0 aliphatic rings. The molecule has 8 N–H and O–H groups in total. The van der Waals surface area contributed by atoms with Gasteiger partial charge in [0, 0.05) is 23.2 Å². The molecule has 2 aromatic carbocycles. The Hall–Kier alpha value is -3.42. The number of carbonyl (C=O) groups is 1. The maximum Gasteiger partial charge on any atom is 0.267 e. The van der Waals surface area contributed by atoms with Crippen molar-refractivity contribution in [2.45, 2.75) is 16.7 Å². The molecule has 1 atom stereocenters. The molecule has 180 valence electrons. The van der Waals surface area contributed by atoms with Gasteiger partial charge >= 0.3 is 0 Å². The Morgan fingerprint density at radius 1 is 1.09 bits per heavy atom. The highest BCUT2D eigenvalue weighted by Gasteiger charge is 2.23. The maximum atomic E-state index is 12.7. The number of thiophene rings is 1. The van der Waals surface area contributed by atoms with Gasteiger partial charge in [-0.25, -0.2) is 24.5 Å². The van der Waals surface area contributed by atoms with Crippen LogP contribution in [0, 0.1) is 0 Å². The summed E-state index contributed by atoms with van der Waals surface area (Å²) in [6, 6.07) is 17.7. The Bertz CT molecular complexity index is 1240. The molecule has 0 aliphatic carbocycles. The van der Waals surface area contributed by atoms with Gasteiger partial charge in [-0.05, 0) is 35.4 Å². The number of carbonyl (C=O) groups excluding carboxylic acids is 1. The zero-order valence-electron chi connectivity index (χ0n) is 18.0. The van der Waals surface area contributed by atoms with Crippen LogP contribution < -0.4 is 21.8 Å². The molecule has 34 heavy (non-hydrogen) atoms. The Kier molecular flexibility index (Phi) is 8.26. The number of hydrogen-bond acceptors (Lipinski definition) is 9. The SMILES string of the molecule is N/C(=C\N(N)[C@@H](Cc1ccc(O)cc1)C(=O)NO)CNS(=O)(=O)c1ccc(-c2ccccc2)s1. The zero-order chi connectivity index (χ0) is 24.7. The Morgan fingerprint density at radius 2 is 1.76 bits per heavy atom. The molecule has 0 spiro atoms. The minimum atomic E-state index is -3.83. The first-order valence-electron chi connectivity index (χ1n) is 10.1. The van der Waals surface area contributed by atoms with Crippen molar-refractivity contribution < 1.29 is 23.5 Å². The lowest BCUT2D eigenvalue weighted by Crippen LogP contribution is -2.49. The van der Waals surface area contributed by atoms with Crippen LogP contribution in [0.25, 0.3) is 10.4 Å². The van der Waals surface area contributed by atoms with Crippen LogP contribution in [-0.4, -0.2) is 42.2 Å². The summed E-state index contributed by atoms with van der Waals surface area (Å²) in [7, 11) is -3.83. The quantitative estimate of drug-likeness (QED) is 0.137. The normalized spacial score (nSPS) is 12.8. The summed E-state index contributed by atoms with van der Waals surface area (Å²) >= 11 is 1.13. The van der Waals surface area contributed by atoms with Crippen molar-refractivity contribution in [1.29, 1.82) is 0 Å².